The largest absolute Gasteiger partial charge is 0.493 e. The van der Waals surface area contributed by atoms with Gasteiger partial charge in [0.15, 0.2) is 11.5 Å². The molecule has 0 spiro atoms. The van der Waals surface area contributed by atoms with Crippen LogP contribution in [0, 0.1) is 0 Å². The Morgan fingerprint density at radius 2 is 1.96 bits per heavy atom. The summed E-state index contributed by atoms with van der Waals surface area (Å²) in [6.45, 7) is 1.41. The number of rotatable bonds is 4. The Hall–Kier alpha value is -3.02. The first kappa shape index (κ1) is 17.4. The lowest BCUT2D eigenvalue weighted by atomic mass is 9.96. The summed E-state index contributed by atoms with van der Waals surface area (Å²) in [6.07, 6.45) is 1.98. The first-order valence-electron chi connectivity index (χ1n) is 9.15. The van der Waals surface area contributed by atoms with Crippen molar-refractivity contribution in [2.24, 2.45) is 0 Å². The first-order valence-corrected chi connectivity index (χ1v) is 9.15. The quantitative estimate of drug-likeness (QED) is 0.767. The van der Waals surface area contributed by atoms with Crippen molar-refractivity contribution < 1.29 is 14.3 Å². The minimum Gasteiger partial charge on any atom is -0.493 e. The van der Waals surface area contributed by atoms with Crippen molar-refractivity contribution in [2.45, 2.75) is 18.8 Å². The van der Waals surface area contributed by atoms with E-state index >= 15 is 0 Å². The van der Waals surface area contributed by atoms with Crippen LogP contribution in [0.3, 0.4) is 0 Å². The highest BCUT2D eigenvalue weighted by atomic mass is 16.5. The lowest BCUT2D eigenvalue weighted by molar-refractivity contribution is 0.0704. The number of methoxy groups -OCH3 is 2. The van der Waals surface area contributed by atoms with Gasteiger partial charge in [-0.25, -0.2) is 4.98 Å². The van der Waals surface area contributed by atoms with Gasteiger partial charge in [-0.05, 0) is 43.2 Å². The predicted molar refractivity (Wildman–Crippen MR) is 104 cm³/mol. The number of imidazole rings is 1. The third-order valence-corrected chi connectivity index (χ3v) is 5.13. The molecule has 1 aliphatic rings. The number of carbonyl (C=O) groups excluding carboxylic acids is 1. The third kappa shape index (κ3) is 3.35. The third-order valence-electron chi connectivity index (χ3n) is 5.13. The number of nitrogens with one attached hydrogen (secondary N) is 1. The molecule has 0 radical (unpaired) electrons. The van der Waals surface area contributed by atoms with E-state index in [4.69, 9.17) is 14.5 Å². The number of hydrogen-bond acceptors (Lipinski definition) is 4. The second-order valence-electron chi connectivity index (χ2n) is 6.80. The van der Waals surface area contributed by atoms with Crippen LogP contribution >= 0.6 is 0 Å². The van der Waals surface area contributed by atoms with E-state index in [0.29, 0.717) is 23.6 Å². The number of likely N-dealkylation sites (tertiary alicyclic amines) is 1. The maximum Gasteiger partial charge on any atom is 0.254 e. The molecule has 27 heavy (non-hydrogen) atoms. The fraction of sp³-hybridized carbons (Fsp3) is 0.333. The first-order chi connectivity index (χ1) is 13.2. The zero-order valence-corrected chi connectivity index (χ0v) is 15.6. The second-order valence-corrected chi connectivity index (χ2v) is 6.80. The van der Waals surface area contributed by atoms with E-state index in [2.05, 4.69) is 4.98 Å². The standard InChI is InChI=1S/C21H23N3O3/c1-26-18-10-9-14(12-19(18)27-2)21(25)24-11-5-6-15(13-24)20-22-16-7-3-4-8-17(16)23-20/h3-4,7-10,12,15H,5-6,11,13H2,1-2H3,(H,22,23). The van der Waals surface area contributed by atoms with Crippen LogP contribution in [-0.4, -0.2) is 48.1 Å². The number of benzene rings is 2. The maximum atomic E-state index is 13.0. The van der Waals surface area contributed by atoms with Crippen molar-refractivity contribution in [1.82, 2.24) is 14.9 Å². The van der Waals surface area contributed by atoms with E-state index in [-0.39, 0.29) is 11.8 Å². The summed E-state index contributed by atoms with van der Waals surface area (Å²) >= 11 is 0. The van der Waals surface area contributed by atoms with Gasteiger partial charge in [0.05, 0.1) is 25.3 Å². The summed E-state index contributed by atoms with van der Waals surface area (Å²) in [6, 6.07) is 13.3. The highest BCUT2D eigenvalue weighted by molar-refractivity contribution is 5.95. The smallest absolute Gasteiger partial charge is 0.254 e. The monoisotopic (exact) mass is 365 g/mol. The van der Waals surface area contributed by atoms with Gasteiger partial charge in [-0.1, -0.05) is 12.1 Å². The molecule has 3 aromatic rings. The number of para-hydroxylation sites is 2. The van der Waals surface area contributed by atoms with E-state index in [1.165, 1.54) is 0 Å². The molecule has 1 saturated heterocycles. The summed E-state index contributed by atoms with van der Waals surface area (Å²) in [5.74, 6) is 2.37. The molecule has 4 rings (SSSR count). The molecular formula is C21H23N3O3. The summed E-state index contributed by atoms with van der Waals surface area (Å²) in [4.78, 5) is 23.1. The van der Waals surface area contributed by atoms with Crippen LogP contribution in [-0.2, 0) is 0 Å². The molecule has 1 aliphatic heterocycles. The Kier molecular flexibility index (Phi) is 4.71. The van der Waals surface area contributed by atoms with Gasteiger partial charge in [0.25, 0.3) is 5.91 Å². The van der Waals surface area contributed by atoms with Crippen LogP contribution in [0.4, 0.5) is 0 Å². The number of ether oxygens (including phenoxy) is 2. The fourth-order valence-electron chi connectivity index (χ4n) is 3.70. The Labute approximate surface area is 158 Å². The van der Waals surface area contributed by atoms with Gasteiger partial charge in [-0.3, -0.25) is 4.79 Å². The van der Waals surface area contributed by atoms with Crippen molar-refractivity contribution in [3.05, 3.63) is 53.9 Å². The summed E-state index contributed by atoms with van der Waals surface area (Å²) in [5.41, 5.74) is 2.62. The molecule has 2 heterocycles. The number of hydrogen-bond donors (Lipinski definition) is 1. The van der Waals surface area contributed by atoms with Gasteiger partial charge in [0, 0.05) is 24.6 Å². The number of carbonyl (C=O) groups is 1. The normalized spacial score (nSPS) is 17.1. The molecule has 0 aliphatic carbocycles. The van der Waals surface area contributed by atoms with E-state index < -0.39 is 0 Å². The molecule has 1 atom stereocenters. The Morgan fingerprint density at radius 3 is 2.74 bits per heavy atom. The molecule has 1 fully saturated rings. The Bertz CT molecular complexity index is 933. The van der Waals surface area contributed by atoms with Crippen LogP contribution in [0.1, 0.15) is 34.9 Å². The summed E-state index contributed by atoms with van der Waals surface area (Å²) in [7, 11) is 3.16. The van der Waals surface area contributed by atoms with Crippen LogP contribution in [0.5, 0.6) is 11.5 Å². The minimum atomic E-state index is 0.0109. The number of piperidine rings is 1. The van der Waals surface area contributed by atoms with Gasteiger partial charge in [-0.2, -0.15) is 0 Å². The molecule has 6 nitrogen and oxygen atoms in total. The highest BCUT2D eigenvalue weighted by Gasteiger charge is 2.27. The van der Waals surface area contributed by atoms with Gasteiger partial charge in [0.1, 0.15) is 5.82 Å². The number of aromatic amines is 1. The van der Waals surface area contributed by atoms with Crippen LogP contribution < -0.4 is 9.47 Å². The van der Waals surface area contributed by atoms with Crippen LogP contribution in [0.25, 0.3) is 11.0 Å². The average molecular weight is 365 g/mol. The van der Waals surface area contributed by atoms with Gasteiger partial charge in [0.2, 0.25) is 0 Å². The molecule has 1 N–H and O–H groups in total. The summed E-state index contributed by atoms with van der Waals surface area (Å²) < 4.78 is 10.6. The van der Waals surface area contributed by atoms with Crippen molar-refractivity contribution in [2.75, 3.05) is 27.3 Å². The molecule has 1 unspecified atom stereocenters. The maximum absolute atomic E-state index is 13.0. The molecular weight excluding hydrogens is 342 g/mol. The highest BCUT2D eigenvalue weighted by Crippen LogP contribution is 2.30. The van der Waals surface area contributed by atoms with Crippen LogP contribution in [0.2, 0.25) is 0 Å². The number of H-pyrrole nitrogens is 1. The predicted octanol–water partition coefficient (Wildman–Crippen LogP) is 3.60. The number of fused-ring (bicyclic) bond motifs is 1. The molecule has 140 valence electrons. The second kappa shape index (κ2) is 7.31. The zero-order valence-electron chi connectivity index (χ0n) is 15.6. The molecule has 0 bridgehead atoms. The SMILES string of the molecule is COc1ccc(C(=O)N2CCCC(c3nc4ccccc4[nH]3)C2)cc1OC. The number of nitrogens with zero attached hydrogens (tertiary/aromatic N) is 2. The molecule has 1 aromatic heterocycles. The van der Waals surface area contributed by atoms with E-state index in [0.717, 1.165) is 36.2 Å². The van der Waals surface area contributed by atoms with Crippen molar-refractivity contribution >= 4 is 16.9 Å². The topological polar surface area (TPSA) is 67.5 Å². The van der Waals surface area contributed by atoms with Crippen molar-refractivity contribution in [3.8, 4) is 11.5 Å². The molecule has 2 aromatic carbocycles. The Morgan fingerprint density at radius 1 is 1.15 bits per heavy atom. The lowest BCUT2D eigenvalue weighted by Crippen LogP contribution is -2.39. The fourth-order valence-corrected chi connectivity index (χ4v) is 3.70. The van der Waals surface area contributed by atoms with E-state index in [9.17, 15) is 4.79 Å². The lowest BCUT2D eigenvalue weighted by Gasteiger charge is -2.32. The van der Waals surface area contributed by atoms with E-state index in [1.54, 1.807) is 32.4 Å². The molecule has 1 amide bonds. The molecule has 6 heteroatoms. The van der Waals surface area contributed by atoms with Crippen molar-refractivity contribution in [1.29, 1.82) is 0 Å². The molecule has 0 saturated carbocycles. The summed E-state index contributed by atoms with van der Waals surface area (Å²) in [5, 5.41) is 0. The average Bonchev–Trinajstić information content (AvgIpc) is 3.17. The van der Waals surface area contributed by atoms with E-state index in [1.807, 2.05) is 29.2 Å². The Balaban J connectivity index is 1.54. The zero-order chi connectivity index (χ0) is 18.8. The minimum absolute atomic E-state index is 0.0109. The van der Waals surface area contributed by atoms with Gasteiger partial charge >= 0.3 is 0 Å². The number of amides is 1. The van der Waals surface area contributed by atoms with Crippen molar-refractivity contribution in [3.63, 3.8) is 0 Å². The van der Waals surface area contributed by atoms with Gasteiger partial charge < -0.3 is 19.4 Å². The van der Waals surface area contributed by atoms with Crippen LogP contribution in [0.15, 0.2) is 42.5 Å². The number of aromatic nitrogens is 2. The van der Waals surface area contributed by atoms with Gasteiger partial charge in [-0.15, -0.1) is 0 Å².